The number of methoxy groups -OCH3 is 2. The smallest absolute Gasteiger partial charge is 0.227 e. The molecule has 0 radical (unpaired) electrons. The van der Waals surface area contributed by atoms with Crippen LogP contribution in [0.3, 0.4) is 0 Å². The number of ether oxygens (including phenoxy) is 2. The molecular weight excluding hydrogens is 314 g/mol. The van der Waals surface area contributed by atoms with Crippen LogP contribution in [-0.2, 0) is 11.2 Å². The summed E-state index contributed by atoms with van der Waals surface area (Å²) < 4.78 is 10.7. The van der Waals surface area contributed by atoms with Gasteiger partial charge in [-0.25, -0.2) is 0 Å². The standard InChI is InChI=1S/C21H25NO3/c1-15(18-11-10-17(24-2)14-20(18)25-3)13-21(23)22-12-6-8-16-7-4-5-9-19(16)22/h4-5,7,9-11,14-15H,6,8,12-13H2,1-3H3. The fraction of sp³-hybridized carbons (Fsp3) is 0.381. The van der Waals surface area contributed by atoms with E-state index in [1.807, 2.05) is 41.3 Å². The number of hydrogen-bond donors (Lipinski definition) is 0. The van der Waals surface area contributed by atoms with Gasteiger partial charge in [-0.15, -0.1) is 0 Å². The molecule has 1 aliphatic rings. The van der Waals surface area contributed by atoms with E-state index in [-0.39, 0.29) is 11.8 Å². The minimum atomic E-state index is 0.0717. The third-order valence-corrected chi connectivity index (χ3v) is 4.86. The van der Waals surface area contributed by atoms with Crippen molar-refractivity contribution in [1.29, 1.82) is 0 Å². The van der Waals surface area contributed by atoms with Gasteiger partial charge in [-0.1, -0.05) is 31.2 Å². The van der Waals surface area contributed by atoms with Crippen molar-refractivity contribution >= 4 is 11.6 Å². The van der Waals surface area contributed by atoms with E-state index in [2.05, 4.69) is 13.0 Å². The van der Waals surface area contributed by atoms with Gasteiger partial charge in [-0.3, -0.25) is 4.79 Å². The lowest BCUT2D eigenvalue weighted by Crippen LogP contribution is -2.36. The molecule has 2 aromatic carbocycles. The van der Waals surface area contributed by atoms with Crippen molar-refractivity contribution in [3.63, 3.8) is 0 Å². The van der Waals surface area contributed by atoms with Gasteiger partial charge in [0, 0.05) is 24.7 Å². The topological polar surface area (TPSA) is 38.8 Å². The van der Waals surface area contributed by atoms with Crippen LogP contribution in [0.4, 0.5) is 5.69 Å². The molecule has 3 rings (SSSR count). The van der Waals surface area contributed by atoms with Crippen LogP contribution in [0.15, 0.2) is 42.5 Å². The summed E-state index contributed by atoms with van der Waals surface area (Å²) in [6, 6.07) is 14.0. The third-order valence-electron chi connectivity index (χ3n) is 4.86. The van der Waals surface area contributed by atoms with Gasteiger partial charge in [-0.05, 0) is 42.0 Å². The van der Waals surface area contributed by atoms with Gasteiger partial charge in [0.1, 0.15) is 11.5 Å². The van der Waals surface area contributed by atoms with E-state index in [0.717, 1.165) is 42.1 Å². The molecule has 1 atom stereocenters. The van der Waals surface area contributed by atoms with E-state index in [1.54, 1.807) is 14.2 Å². The lowest BCUT2D eigenvalue weighted by atomic mass is 9.94. The third kappa shape index (κ3) is 3.63. The number of anilines is 1. The number of fused-ring (bicyclic) bond motifs is 1. The van der Waals surface area contributed by atoms with Gasteiger partial charge in [-0.2, -0.15) is 0 Å². The quantitative estimate of drug-likeness (QED) is 0.820. The summed E-state index contributed by atoms with van der Waals surface area (Å²) in [6.07, 6.45) is 2.52. The Labute approximate surface area is 149 Å². The van der Waals surface area contributed by atoms with Crippen molar-refractivity contribution in [2.24, 2.45) is 0 Å². The summed E-state index contributed by atoms with van der Waals surface area (Å²) >= 11 is 0. The monoisotopic (exact) mass is 339 g/mol. The zero-order valence-corrected chi connectivity index (χ0v) is 15.1. The molecule has 0 aliphatic carbocycles. The van der Waals surface area contributed by atoms with Crippen LogP contribution in [0, 0.1) is 0 Å². The molecule has 0 fully saturated rings. The number of rotatable bonds is 5. The lowest BCUT2D eigenvalue weighted by Gasteiger charge is -2.30. The molecule has 1 heterocycles. The molecule has 25 heavy (non-hydrogen) atoms. The van der Waals surface area contributed by atoms with E-state index in [4.69, 9.17) is 9.47 Å². The number of carbonyl (C=O) groups excluding carboxylic acids is 1. The Bertz CT molecular complexity index is 757. The average Bonchev–Trinajstić information content (AvgIpc) is 2.66. The average molecular weight is 339 g/mol. The minimum Gasteiger partial charge on any atom is -0.497 e. The maximum Gasteiger partial charge on any atom is 0.227 e. The number of benzene rings is 2. The molecular formula is C21H25NO3. The van der Waals surface area contributed by atoms with E-state index in [1.165, 1.54) is 5.56 Å². The molecule has 0 spiro atoms. The van der Waals surface area contributed by atoms with Crippen molar-refractivity contribution in [2.45, 2.75) is 32.1 Å². The minimum absolute atomic E-state index is 0.0717. The summed E-state index contributed by atoms with van der Waals surface area (Å²) in [6.45, 7) is 2.86. The number of carbonyl (C=O) groups is 1. The number of amides is 1. The maximum atomic E-state index is 12.9. The summed E-state index contributed by atoms with van der Waals surface area (Å²) in [5, 5.41) is 0. The maximum absolute atomic E-state index is 12.9. The number of hydrogen-bond acceptors (Lipinski definition) is 3. The van der Waals surface area contributed by atoms with Crippen LogP contribution in [0.1, 0.15) is 36.8 Å². The van der Waals surface area contributed by atoms with Gasteiger partial charge in [0.05, 0.1) is 14.2 Å². The first-order chi connectivity index (χ1) is 12.1. The highest BCUT2D eigenvalue weighted by Crippen LogP contribution is 2.34. The first-order valence-corrected chi connectivity index (χ1v) is 8.74. The number of para-hydroxylation sites is 1. The Morgan fingerprint density at radius 1 is 1.16 bits per heavy atom. The SMILES string of the molecule is COc1ccc(C(C)CC(=O)N2CCCc3ccccc32)c(OC)c1. The molecule has 0 saturated heterocycles. The first kappa shape index (κ1) is 17.3. The zero-order valence-electron chi connectivity index (χ0n) is 15.1. The zero-order chi connectivity index (χ0) is 17.8. The van der Waals surface area contributed by atoms with Gasteiger partial charge < -0.3 is 14.4 Å². The predicted molar refractivity (Wildman–Crippen MR) is 99.7 cm³/mol. The Balaban J connectivity index is 1.78. The molecule has 0 aromatic heterocycles. The summed E-state index contributed by atoms with van der Waals surface area (Å²) in [4.78, 5) is 14.9. The molecule has 1 aliphatic heterocycles. The van der Waals surface area contributed by atoms with Gasteiger partial charge in [0.2, 0.25) is 5.91 Å². The van der Waals surface area contributed by atoms with Crippen LogP contribution in [0.2, 0.25) is 0 Å². The van der Waals surface area contributed by atoms with E-state index in [0.29, 0.717) is 6.42 Å². The normalized spacial score (nSPS) is 14.6. The predicted octanol–water partition coefficient (Wildman–Crippen LogP) is 4.18. The van der Waals surface area contributed by atoms with Gasteiger partial charge >= 0.3 is 0 Å². The van der Waals surface area contributed by atoms with Crippen molar-refractivity contribution < 1.29 is 14.3 Å². The van der Waals surface area contributed by atoms with E-state index in [9.17, 15) is 4.79 Å². The van der Waals surface area contributed by atoms with Gasteiger partial charge in [0.15, 0.2) is 0 Å². The first-order valence-electron chi connectivity index (χ1n) is 8.74. The van der Waals surface area contributed by atoms with Crippen LogP contribution in [0.5, 0.6) is 11.5 Å². The number of aryl methyl sites for hydroxylation is 1. The van der Waals surface area contributed by atoms with Crippen LogP contribution in [0.25, 0.3) is 0 Å². The molecule has 2 aromatic rings. The van der Waals surface area contributed by atoms with Crippen LogP contribution < -0.4 is 14.4 Å². The van der Waals surface area contributed by atoms with Crippen molar-refractivity contribution in [3.05, 3.63) is 53.6 Å². The summed E-state index contributed by atoms with van der Waals surface area (Å²) in [5.74, 6) is 1.75. The molecule has 1 unspecified atom stereocenters. The Morgan fingerprint density at radius 3 is 2.72 bits per heavy atom. The van der Waals surface area contributed by atoms with Gasteiger partial charge in [0.25, 0.3) is 0 Å². The molecule has 0 N–H and O–H groups in total. The Hall–Kier alpha value is -2.49. The highest BCUT2D eigenvalue weighted by Gasteiger charge is 2.24. The largest absolute Gasteiger partial charge is 0.497 e. The van der Waals surface area contributed by atoms with Crippen molar-refractivity contribution in [1.82, 2.24) is 0 Å². The molecule has 1 amide bonds. The van der Waals surface area contributed by atoms with Crippen molar-refractivity contribution in [2.75, 3.05) is 25.7 Å². The second kappa shape index (κ2) is 7.60. The highest BCUT2D eigenvalue weighted by atomic mass is 16.5. The van der Waals surface area contributed by atoms with Crippen molar-refractivity contribution in [3.8, 4) is 11.5 Å². The lowest BCUT2D eigenvalue weighted by molar-refractivity contribution is -0.119. The summed E-state index contributed by atoms with van der Waals surface area (Å²) in [7, 11) is 3.28. The number of nitrogens with zero attached hydrogens (tertiary/aromatic N) is 1. The Morgan fingerprint density at radius 2 is 1.96 bits per heavy atom. The highest BCUT2D eigenvalue weighted by molar-refractivity contribution is 5.95. The van der Waals surface area contributed by atoms with E-state index < -0.39 is 0 Å². The van der Waals surface area contributed by atoms with Crippen LogP contribution >= 0.6 is 0 Å². The molecule has 4 nitrogen and oxygen atoms in total. The molecule has 4 heteroatoms. The fourth-order valence-electron chi connectivity index (χ4n) is 3.50. The molecule has 132 valence electrons. The molecule has 0 bridgehead atoms. The fourth-order valence-corrected chi connectivity index (χ4v) is 3.50. The van der Waals surface area contributed by atoms with Crippen LogP contribution in [-0.4, -0.2) is 26.7 Å². The molecule has 0 saturated carbocycles. The second-order valence-electron chi connectivity index (χ2n) is 6.49. The summed E-state index contributed by atoms with van der Waals surface area (Å²) in [5.41, 5.74) is 3.35. The Kier molecular flexibility index (Phi) is 5.27. The second-order valence-corrected chi connectivity index (χ2v) is 6.49. The van der Waals surface area contributed by atoms with E-state index >= 15 is 0 Å².